The standard InChI is InChI=1S/C15H20N2O5/c1-2-7-16-12(18)9-22-13(19)8-17-14(20)10-5-3-4-6-11(10)15(17)21/h3-4,10-11H,2,5-9H2,1H3,(H,16,18)/t10-,11-/m0/s1. The number of likely N-dealkylation sites (tertiary alicyclic amines) is 1. The van der Waals surface area contributed by atoms with E-state index in [1.54, 1.807) is 0 Å². The van der Waals surface area contributed by atoms with Crippen LogP contribution in [0.2, 0.25) is 0 Å². The molecule has 1 saturated heterocycles. The van der Waals surface area contributed by atoms with Crippen LogP contribution < -0.4 is 5.32 Å². The number of allylic oxidation sites excluding steroid dienone is 2. The molecule has 0 aromatic heterocycles. The summed E-state index contributed by atoms with van der Waals surface area (Å²) in [5, 5.41) is 2.57. The summed E-state index contributed by atoms with van der Waals surface area (Å²) in [6, 6.07) is 0. The van der Waals surface area contributed by atoms with E-state index in [9.17, 15) is 19.2 Å². The van der Waals surface area contributed by atoms with E-state index in [2.05, 4.69) is 5.32 Å². The molecule has 0 unspecified atom stereocenters. The number of amides is 3. The number of fused-ring (bicyclic) bond motifs is 1. The summed E-state index contributed by atoms with van der Waals surface area (Å²) < 4.78 is 4.80. The molecule has 7 heteroatoms. The molecule has 120 valence electrons. The molecule has 1 aliphatic heterocycles. The number of rotatable bonds is 6. The number of nitrogens with one attached hydrogen (secondary N) is 1. The minimum atomic E-state index is -0.750. The average molecular weight is 308 g/mol. The van der Waals surface area contributed by atoms with Crippen LogP contribution >= 0.6 is 0 Å². The third kappa shape index (κ3) is 3.52. The van der Waals surface area contributed by atoms with Gasteiger partial charge in [-0.05, 0) is 19.3 Å². The topological polar surface area (TPSA) is 92.8 Å². The lowest BCUT2D eigenvalue weighted by Crippen LogP contribution is -2.38. The molecule has 2 rings (SSSR count). The summed E-state index contributed by atoms with van der Waals surface area (Å²) in [5.41, 5.74) is 0. The van der Waals surface area contributed by atoms with Crippen molar-refractivity contribution in [2.24, 2.45) is 11.8 Å². The maximum atomic E-state index is 12.1. The Hall–Kier alpha value is -2.18. The number of carbonyl (C=O) groups is 4. The Balaban J connectivity index is 1.83. The number of nitrogens with zero attached hydrogens (tertiary/aromatic N) is 1. The second-order valence-electron chi connectivity index (χ2n) is 5.43. The van der Waals surface area contributed by atoms with Crippen molar-refractivity contribution < 1.29 is 23.9 Å². The first-order valence-corrected chi connectivity index (χ1v) is 7.47. The smallest absolute Gasteiger partial charge is 0.326 e. The summed E-state index contributed by atoms with van der Waals surface area (Å²) in [7, 11) is 0. The van der Waals surface area contributed by atoms with E-state index in [0.29, 0.717) is 19.4 Å². The highest BCUT2D eigenvalue weighted by molar-refractivity contribution is 6.07. The van der Waals surface area contributed by atoms with Gasteiger partial charge in [-0.15, -0.1) is 0 Å². The maximum absolute atomic E-state index is 12.1. The lowest BCUT2D eigenvalue weighted by atomic mass is 9.85. The van der Waals surface area contributed by atoms with Crippen molar-refractivity contribution in [2.45, 2.75) is 26.2 Å². The zero-order valence-electron chi connectivity index (χ0n) is 12.5. The van der Waals surface area contributed by atoms with Crippen molar-refractivity contribution in [3.63, 3.8) is 0 Å². The van der Waals surface area contributed by atoms with Crippen molar-refractivity contribution in [3.8, 4) is 0 Å². The van der Waals surface area contributed by atoms with Crippen LogP contribution in [0.1, 0.15) is 26.2 Å². The predicted molar refractivity (Wildman–Crippen MR) is 76.3 cm³/mol. The molecule has 0 bridgehead atoms. The second kappa shape index (κ2) is 7.20. The van der Waals surface area contributed by atoms with Gasteiger partial charge in [0.15, 0.2) is 6.61 Å². The molecule has 1 fully saturated rings. The first-order chi connectivity index (χ1) is 10.5. The number of hydrogen-bond acceptors (Lipinski definition) is 5. The van der Waals surface area contributed by atoms with Gasteiger partial charge < -0.3 is 10.1 Å². The second-order valence-corrected chi connectivity index (χ2v) is 5.43. The summed E-state index contributed by atoms with van der Waals surface area (Å²) in [5.74, 6) is -2.53. The van der Waals surface area contributed by atoms with Crippen molar-refractivity contribution >= 4 is 23.7 Å². The van der Waals surface area contributed by atoms with E-state index in [1.165, 1.54) is 0 Å². The molecule has 3 amide bonds. The first-order valence-electron chi connectivity index (χ1n) is 7.47. The third-order valence-corrected chi connectivity index (χ3v) is 3.82. The predicted octanol–water partition coefficient (Wildman–Crippen LogP) is 0.00700. The summed E-state index contributed by atoms with van der Waals surface area (Å²) in [6.45, 7) is 1.59. The van der Waals surface area contributed by atoms with E-state index >= 15 is 0 Å². The Morgan fingerprint density at radius 2 is 1.82 bits per heavy atom. The number of imide groups is 1. The van der Waals surface area contributed by atoms with Crippen LogP contribution in [0, 0.1) is 11.8 Å². The highest BCUT2D eigenvalue weighted by Gasteiger charge is 2.47. The Morgan fingerprint density at radius 1 is 1.23 bits per heavy atom. The van der Waals surface area contributed by atoms with Crippen LogP contribution in [-0.4, -0.2) is 48.3 Å². The fourth-order valence-electron chi connectivity index (χ4n) is 2.66. The fourth-order valence-corrected chi connectivity index (χ4v) is 2.66. The Labute approximate surface area is 128 Å². The molecule has 0 spiro atoms. The molecule has 7 nitrogen and oxygen atoms in total. The monoisotopic (exact) mass is 308 g/mol. The van der Waals surface area contributed by atoms with Gasteiger partial charge >= 0.3 is 5.97 Å². The van der Waals surface area contributed by atoms with Gasteiger partial charge in [0.25, 0.3) is 5.91 Å². The van der Waals surface area contributed by atoms with Crippen LogP contribution in [0.5, 0.6) is 0 Å². The zero-order valence-corrected chi connectivity index (χ0v) is 12.5. The van der Waals surface area contributed by atoms with Crippen molar-refractivity contribution in [1.29, 1.82) is 0 Å². The van der Waals surface area contributed by atoms with Gasteiger partial charge in [-0.1, -0.05) is 19.1 Å². The molecule has 0 saturated carbocycles. The lowest BCUT2D eigenvalue weighted by Gasteiger charge is -2.14. The van der Waals surface area contributed by atoms with Crippen molar-refractivity contribution in [2.75, 3.05) is 19.7 Å². The Kier molecular flexibility index (Phi) is 5.30. The SMILES string of the molecule is CCCNC(=O)COC(=O)CN1C(=O)[C@H]2CC=CC[C@@H]2C1=O. The molecule has 2 atom stereocenters. The van der Waals surface area contributed by atoms with E-state index < -0.39 is 25.0 Å². The van der Waals surface area contributed by atoms with Gasteiger partial charge in [-0.3, -0.25) is 24.1 Å². The number of ether oxygens (including phenoxy) is 1. The quantitative estimate of drug-likeness (QED) is 0.424. The lowest BCUT2D eigenvalue weighted by molar-refractivity contribution is -0.154. The molecule has 0 radical (unpaired) electrons. The van der Waals surface area contributed by atoms with E-state index in [4.69, 9.17) is 4.74 Å². The van der Waals surface area contributed by atoms with Crippen LogP contribution in [0.3, 0.4) is 0 Å². The molecule has 0 aromatic rings. The van der Waals surface area contributed by atoms with Crippen molar-refractivity contribution in [1.82, 2.24) is 10.2 Å². The average Bonchev–Trinajstić information content (AvgIpc) is 2.76. The highest BCUT2D eigenvalue weighted by Crippen LogP contribution is 2.34. The van der Waals surface area contributed by atoms with Gasteiger partial charge in [0.05, 0.1) is 11.8 Å². The maximum Gasteiger partial charge on any atom is 0.326 e. The molecule has 1 aliphatic carbocycles. The molecule has 1 N–H and O–H groups in total. The van der Waals surface area contributed by atoms with Crippen molar-refractivity contribution in [3.05, 3.63) is 12.2 Å². The van der Waals surface area contributed by atoms with Gasteiger partial charge in [0.1, 0.15) is 6.54 Å². The van der Waals surface area contributed by atoms with Crippen LogP contribution in [-0.2, 0) is 23.9 Å². The Morgan fingerprint density at radius 3 is 2.36 bits per heavy atom. The molecule has 2 aliphatic rings. The van der Waals surface area contributed by atoms with E-state index in [1.807, 2.05) is 19.1 Å². The Bertz CT molecular complexity index is 488. The van der Waals surface area contributed by atoms with Gasteiger partial charge in [0, 0.05) is 6.54 Å². The van der Waals surface area contributed by atoms with Crippen LogP contribution in [0.25, 0.3) is 0 Å². The van der Waals surface area contributed by atoms with E-state index in [0.717, 1.165) is 11.3 Å². The highest BCUT2D eigenvalue weighted by atomic mass is 16.5. The molecular weight excluding hydrogens is 288 g/mol. The van der Waals surface area contributed by atoms with Gasteiger partial charge in [0.2, 0.25) is 11.8 Å². The molecule has 1 heterocycles. The number of hydrogen-bond donors (Lipinski definition) is 1. The summed E-state index contributed by atoms with van der Waals surface area (Å²) in [6.07, 6.45) is 5.60. The first kappa shape index (κ1) is 16.2. The largest absolute Gasteiger partial charge is 0.454 e. The van der Waals surface area contributed by atoms with Gasteiger partial charge in [-0.25, -0.2) is 0 Å². The molecular formula is C15H20N2O5. The minimum Gasteiger partial charge on any atom is -0.454 e. The zero-order chi connectivity index (χ0) is 16.1. The molecule has 0 aromatic carbocycles. The summed E-state index contributed by atoms with van der Waals surface area (Å²) in [4.78, 5) is 48.3. The fraction of sp³-hybridized carbons (Fsp3) is 0.600. The normalized spacial score (nSPS) is 23.4. The number of carbonyl (C=O) groups excluding carboxylic acids is 4. The minimum absolute atomic E-state index is 0.327. The van der Waals surface area contributed by atoms with Gasteiger partial charge in [-0.2, -0.15) is 0 Å². The summed E-state index contributed by atoms with van der Waals surface area (Å²) >= 11 is 0. The molecule has 22 heavy (non-hydrogen) atoms. The van der Waals surface area contributed by atoms with Crippen LogP contribution in [0.15, 0.2) is 12.2 Å². The third-order valence-electron chi connectivity index (χ3n) is 3.82. The van der Waals surface area contributed by atoms with Crippen LogP contribution in [0.4, 0.5) is 0 Å². The van der Waals surface area contributed by atoms with E-state index in [-0.39, 0.29) is 23.7 Å². The number of esters is 1.